The van der Waals surface area contributed by atoms with Gasteiger partial charge in [0.1, 0.15) is 5.72 Å². The molecular weight excluding hydrogens is 190 g/mol. The van der Waals surface area contributed by atoms with Gasteiger partial charge in [0.15, 0.2) is 0 Å². The average molecular weight is 205 g/mol. The number of benzene rings is 1. The standard InChI is InChI=1S/C12H15NO2/c1-2-15-12(8-9-12)13-11(14)10-6-4-3-5-7-10/h3-7H,2,8-9H2,1H3,(H,13,14). The van der Waals surface area contributed by atoms with Gasteiger partial charge < -0.3 is 10.1 Å². The molecule has 1 saturated carbocycles. The van der Waals surface area contributed by atoms with E-state index in [9.17, 15) is 4.79 Å². The van der Waals surface area contributed by atoms with Gasteiger partial charge in [-0.05, 0) is 31.9 Å². The van der Waals surface area contributed by atoms with Crippen molar-refractivity contribution in [2.24, 2.45) is 0 Å². The van der Waals surface area contributed by atoms with Crippen molar-refractivity contribution in [2.45, 2.75) is 25.5 Å². The van der Waals surface area contributed by atoms with E-state index >= 15 is 0 Å². The number of ether oxygens (including phenoxy) is 1. The summed E-state index contributed by atoms with van der Waals surface area (Å²) in [5, 5.41) is 2.92. The zero-order valence-corrected chi connectivity index (χ0v) is 8.82. The van der Waals surface area contributed by atoms with Gasteiger partial charge in [-0.15, -0.1) is 0 Å². The molecule has 0 heterocycles. The van der Waals surface area contributed by atoms with Crippen LogP contribution in [0.25, 0.3) is 0 Å². The fourth-order valence-corrected chi connectivity index (χ4v) is 1.56. The Morgan fingerprint density at radius 1 is 1.40 bits per heavy atom. The summed E-state index contributed by atoms with van der Waals surface area (Å²) >= 11 is 0. The van der Waals surface area contributed by atoms with Gasteiger partial charge in [0, 0.05) is 12.2 Å². The predicted molar refractivity (Wildman–Crippen MR) is 57.5 cm³/mol. The molecular formula is C12H15NO2. The van der Waals surface area contributed by atoms with Crippen LogP contribution in [0.4, 0.5) is 0 Å². The van der Waals surface area contributed by atoms with E-state index in [4.69, 9.17) is 4.74 Å². The van der Waals surface area contributed by atoms with Crippen LogP contribution in [0.2, 0.25) is 0 Å². The molecule has 0 bridgehead atoms. The van der Waals surface area contributed by atoms with Crippen LogP contribution in [-0.2, 0) is 4.74 Å². The molecule has 15 heavy (non-hydrogen) atoms. The number of amides is 1. The maximum Gasteiger partial charge on any atom is 0.253 e. The van der Waals surface area contributed by atoms with E-state index in [1.54, 1.807) is 12.1 Å². The number of nitrogens with one attached hydrogen (secondary N) is 1. The first kappa shape index (κ1) is 10.2. The third-order valence-corrected chi connectivity index (χ3v) is 2.50. The molecule has 1 N–H and O–H groups in total. The van der Waals surface area contributed by atoms with Crippen molar-refractivity contribution in [3.05, 3.63) is 35.9 Å². The highest BCUT2D eigenvalue weighted by molar-refractivity contribution is 5.94. The summed E-state index contributed by atoms with van der Waals surface area (Å²) in [6.07, 6.45) is 1.83. The van der Waals surface area contributed by atoms with E-state index < -0.39 is 0 Å². The summed E-state index contributed by atoms with van der Waals surface area (Å²) in [7, 11) is 0. The van der Waals surface area contributed by atoms with Gasteiger partial charge in [0.2, 0.25) is 0 Å². The Kier molecular flexibility index (Phi) is 2.73. The number of hydrogen-bond donors (Lipinski definition) is 1. The molecule has 3 heteroatoms. The zero-order chi connectivity index (χ0) is 10.7. The van der Waals surface area contributed by atoms with Crippen molar-refractivity contribution in [3.8, 4) is 0 Å². The number of carbonyl (C=O) groups is 1. The molecule has 0 aromatic heterocycles. The summed E-state index contributed by atoms with van der Waals surface area (Å²) in [4.78, 5) is 11.8. The minimum Gasteiger partial charge on any atom is -0.356 e. The largest absolute Gasteiger partial charge is 0.356 e. The highest BCUT2D eigenvalue weighted by Gasteiger charge is 2.45. The third kappa shape index (κ3) is 2.36. The molecule has 0 spiro atoms. The Morgan fingerprint density at radius 2 is 2.07 bits per heavy atom. The van der Waals surface area contributed by atoms with E-state index in [0.717, 1.165) is 12.8 Å². The van der Waals surface area contributed by atoms with Crippen LogP contribution in [-0.4, -0.2) is 18.2 Å². The molecule has 2 rings (SSSR count). The highest BCUT2D eigenvalue weighted by Crippen LogP contribution is 2.36. The number of carbonyl (C=O) groups excluding carboxylic acids is 1. The van der Waals surface area contributed by atoms with Gasteiger partial charge in [0.05, 0.1) is 0 Å². The SMILES string of the molecule is CCOC1(NC(=O)c2ccccc2)CC1. The normalized spacial score (nSPS) is 17.1. The van der Waals surface area contributed by atoms with Crippen LogP contribution in [0.5, 0.6) is 0 Å². The lowest BCUT2D eigenvalue weighted by Crippen LogP contribution is -2.39. The van der Waals surface area contributed by atoms with Gasteiger partial charge >= 0.3 is 0 Å². The van der Waals surface area contributed by atoms with E-state index in [-0.39, 0.29) is 11.6 Å². The van der Waals surface area contributed by atoms with Gasteiger partial charge in [-0.25, -0.2) is 0 Å². The molecule has 0 unspecified atom stereocenters. The Balaban J connectivity index is 1.99. The first-order chi connectivity index (χ1) is 7.26. The number of rotatable bonds is 4. The van der Waals surface area contributed by atoms with Crippen molar-refractivity contribution in [3.63, 3.8) is 0 Å². The summed E-state index contributed by atoms with van der Waals surface area (Å²) in [6, 6.07) is 9.21. The zero-order valence-electron chi connectivity index (χ0n) is 8.82. The van der Waals surface area contributed by atoms with Gasteiger partial charge in [-0.3, -0.25) is 4.79 Å². The minimum absolute atomic E-state index is 0.0541. The first-order valence-corrected chi connectivity index (χ1v) is 5.27. The van der Waals surface area contributed by atoms with Crippen molar-refractivity contribution in [2.75, 3.05) is 6.61 Å². The second-order valence-corrected chi connectivity index (χ2v) is 3.75. The molecule has 1 aliphatic rings. The van der Waals surface area contributed by atoms with Gasteiger partial charge in [-0.1, -0.05) is 18.2 Å². The van der Waals surface area contributed by atoms with Crippen LogP contribution >= 0.6 is 0 Å². The van der Waals surface area contributed by atoms with Crippen LogP contribution in [0.3, 0.4) is 0 Å². The van der Waals surface area contributed by atoms with Crippen molar-refractivity contribution >= 4 is 5.91 Å². The summed E-state index contributed by atoms with van der Waals surface area (Å²) in [5.41, 5.74) is 0.310. The van der Waals surface area contributed by atoms with Crippen molar-refractivity contribution < 1.29 is 9.53 Å². The second-order valence-electron chi connectivity index (χ2n) is 3.75. The Hall–Kier alpha value is -1.35. The molecule has 3 nitrogen and oxygen atoms in total. The fraction of sp³-hybridized carbons (Fsp3) is 0.417. The predicted octanol–water partition coefficient (Wildman–Crippen LogP) is 1.94. The Labute approximate surface area is 89.4 Å². The second kappa shape index (κ2) is 4.03. The molecule has 0 radical (unpaired) electrons. The lowest BCUT2D eigenvalue weighted by molar-refractivity contribution is 0.0165. The summed E-state index contributed by atoms with van der Waals surface area (Å²) < 4.78 is 5.50. The molecule has 0 atom stereocenters. The summed E-state index contributed by atoms with van der Waals surface area (Å²) in [6.45, 7) is 2.57. The quantitative estimate of drug-likeness (QED) is 0.763. The molecule has 1 amide bonds. The first-order valence-electron chi connectivity index (χ1n) is 5.27. The minimum atomic E-state index is -0.373. The monoisotopic (exact) mass is 205 g/mol. The average Bonchev–Trinajstić information content (AvgIpc) is 3.00. The fourth-order valence-electron chi connectivity index (χ4n) is 1.56. The van der Waals surface area contributed by atoms with E-state index in [2.05, 4.69) is 5.32 Å². The molecule has 1 fully saturated rings. The lowest BCUT2D eigenvalue weighted by Gasteiger charge is -2.17. The lowest BCUT2D eigenvalue weighted by atomic mass is 10.2. The maximum atomic E-state index is 11.8. The molecule has 0 saturated heterocycles. The summed E-state index contributed by atoms with van der Waals surface area (Å²) in [5.74, 6) is -0.0541. The Bertz CT molecular complexity index is 344. The topological polar surface area (TPSA) is 38.3 Å². The molecule has 80 valence electrons. The molecule has 1 aromatic rings. The van der Waals surface area contributed by atoms with Crippen molar-refractivity contribution in [1.82, 2.24) is 5.32 Å². The van der Waals surface area contributed by atoms with Crippen LogP contribution in [0.1, 0.15) is 30.1 Å². The highest BCUT2D eigenvalue weighted by atomic mass is 16.5. The van der Waals surface area contributed by atoms with E-state index in [1.807, 2.05) is 25.1 Å². The molecule has 1 aliphatic carbocycles. The van der Waals surface area contributed by atoms with Crippen LogP contribution in [0, 0.1) is 0 Å². The van der Waals surface area contributed by atoms with Crippen LogP contribution in [0.15, 0.2) is 30.3 Å². The van der Waals surface area contributed by atoms with Gasteiger partial charge in [0.25, 0.3) is 5.91 Å². The maximum absolute atomic E-state index is 11.8. The smallest absolute Gasteiger partial charge is 0.253 e. The van der Waals surface area contributed by atoms with E-state index in [0.29, 0.717) is 12.2 Å². The van der Waals surface area contributed by atoms with Crippen molar-refractivity contribution in [1.29, 1.82) is 0 Å². The van der Waals surface area contributed by atoms with E-state index in [1.165, 1.54) is 0 Å². The van der Waals surface area contributed by atoms with Gasteiger partial charge in [-0.2, -0.15) is 0 Å². The number of hydrogen-bond acceptors (Lipinski definition) is 2. The van der Waals surface area contributed by atoms with Crippen LogP contribution < -0.4 is 5.32 Å². The third-order valence-electron chi connectivity index (χ3n) is 2.50. The molecule has 1 aromatic carbocycles. The Morgan fingerprint density at radius 3 is 2.60 bits per heavy atom. The molecule has 0 aliphatic heterocycles.